The average molecular weight is 355 g/mol. The van der Waals surface area contributed by atoms with E-state index in [4.69, 9.17) is 9.72 Å². The van der Waals surface area contributed by atoms with Gasteiger partial charge < -0.3 is 14.2 Å². The molecule has 1 aliphatic heterocycles. The van der Waals surface area contributed by atoms with Gasteiger partial charge in [0.15, 0.2) is 5.82 Å². The fourth-order valence-electron chi connectivity index (χ4n) is 3.24. The molecule has 0 unspecified atom stereocenters. The maximum atomic E-state index is 5.83. The number of thiophene rings is 1. The number of aromatic nitrogens is 4. The molecule has 4 heterocycles. The van der Waals surface area contributed by atoms with Crippen molar-refractivity contribution in [3.8, 4) is 22.0 Å². The minimum Gasteiger partial charge on any atom is -0.372 e. The Hall–Kier alpha value is -2.25. The van der Waals surface area contributed by atoms with Crippen molar-refractivity contribution < 1.29 is 4.74 Å². The first-order valence-corrected chi connectivity index (χ1v) is 9.29. The maximum absolute atomic E-state index is 5.83. The molecule has 0 saturated carbocycles. The van der Waals surface area contributed by atoms with Crippen LogP contribution < -0.4 is 4.90 Å². The predicted molar refractivity (Wildman–Crippen MR) is 99.8 cm³/mol. The van der Waals surface area contributed by atoms with Crippen molar-refractivity contribution in [3.05, 3.63) is 36.1 Å². The van der Waals surface area contributed by atoms with Crippen molar-refractivity contribution in [1.82, 2.24) is 19.5 Å². The zero-order chi connectivity index (χ0) is 17.4. The monoisotopic (exact) mass is 355 g/mol. The van der Waals surface area contributed by atoms with E-state index in [0.717, 1.165) is 41.0 Å². The molecule has 3 aromatic rings. The number of hydrogen-bond donors (Lipinski definition) is 0. The van der Waals surface area contributed by atoms with E-state index in [1.54, 1.807) is 17.5 Å². The summed E-state index contributed by atoms with van der Waals surface area (Å²) in [6.45, 7) is 5.76. The van der Waals surface area contributed by atoms with Crippen LogP contribution in [0.2, 0.25) is 0 Å². The van der Waals surface area contributed by atoms with Crippen molar-refractivity contribution in [2.24, 2.45) is 7.05 Å². The molecule has 0 bridgehead atoms. The number of hydrogen-bond acceptors (Lipinski definition) is 6. The van der Waals surface area contributed by atoms with E-state index in [1.807, 2.05) is 30.1 Å². The fourth-order valence-corrected chi connectivity index (χ4v) is 3.98. The lowest BCUT2D eigenvalue weighted by Crippen LogP contribution is -2.46. The van der Waals surface area contributed by atoms with E-state index < -0.39 is 0 Å². The third-order valence-corrected chi connectivity index (χ3v) is 5.20. The molecule has 0 aromatic carbocycles. The largest absolute Gasteiger partial charge is 0.372 e. The first kappa shape index (κ1) is 16.2. The molecule has 1 fully saturated rings. The highest BCUT2D eigenvalue weighted by atomic mass is 32.1. The van der Waals surface area contributed by atoms with Gasteiger partial charge in [0.25, 0.3) is 0 Å². The van der Waals surface area contributed by atoms with Gasteiger partial charge in [-0.05, 0) is 25.3 Å². The molecule has 1 saturated heterocycles. The van der Waals surface area contributed by atoms with Crippen LogP contribution in [0.25, 0.3) is 22.0 Å². The lowest BCUT2D eigenvalue weighted by Gasteiger charge is -2.35. The maximum Gasteiger partial charge on any atom is 0.226 e. The normalized spacial score (nSPS) is 20.8. The quantitative estimate of drug-likeness (QED) is 0.722. The van der Waals surface area contributed by atoms with Gasteiger partial charge in [-0.3, -0.25) is 0 Å². The smallest absolute Gasteiger partial charge is 0.226 e. The van der Waals surface area contributed by atoms with Crippen LogP contribution in [-0.2, 0) is 11.8 Å². The van der Waals surface area contributed by atoms with E-state index in [-0.39, 0.29) is 12.2 Å². The Labute approximate surface area is 151 Å². The van der Waals surface area contributed by atoms with Crippen LogP contribution in [0, 0.1) is 0 Å². The minimum absolute atomic E-state index is 0.168. The molecule has 4 rings (SSSR count). The van der Waals surface area contributed by atoms with Gasteiger partial charge in [0.05, 0.1) is 12.2 Å². The van der Waals surface area contributed by atoms with Crippen LogP contribution in [0.1, 0.15) is 13.8 Å². The molecule has 6 nitrogen and oxygen atoms in total. The summed E-state index contributed by atoms with van der Waals surface area (Å²) in [5, 5.41) is 2.07. The fraction of sp³-hybridized carbons (Fsp3) is 0.389. The summed E-state index contributed by atoms with van der Waals surface area (Å²) in [7, 11) is 1.99. The summed E-state index contributed by atoms with van der Waals surface area (Å²) in [4.78, 5) is 17.4. The van der Waals surface area contributed by atoms with Gasteiger partial charge in [0.1, 0.15) is 5.69 Å². The molecule has 25 heavy (non-hydrogen) atoms. The molecule has 2 atom stereocenters. The Morgan fingerprint density at radius 3 is 2.64 bits per heavy atom. The molecule has 0 N–H and O–H groups in total. The van der Waals surface area contributed by atoms with Crippen LogP contribution in [0.4, 0.5) is 5.95 Å². The lowest BCUT2D eigenvalue weighted by molar-refractivity contribution is -0.00571. The Morgan fingerprint density at radius 1 is 1.20 bits per heavy atom. The molecular weight excluding hydrogens is 334 g/mol. The Morgan fingerprint density at radius 2 is 2.00 bits per heavy atom. The van der Waals surface area contributed by atoms with Gasteiger partial charge in [0, 0.05) is 49.2 Å². The zero-order valence-corrected chi connectivity index (χ0v) is 15.4. The first-order valence-electron chi connectivity index (χ1n) is 8.41. The predicted octanol–water partition coefficient (Wildman–Crippen LogP) is 3.22. The summed E-state index contributed by atoms with van der Waals surface area (Å²) in [5.74, 6) is 1.58. The van der Waals surface area contributed by atoms with E-state index in [0.29, 0.717) is 0 Å². The molecule has 0 aliphatic carbocycles. The highest BCUT2D eigenvalue weighted by Crippen LogP contribution is 2.33. The highest BCUT2D eigenvalue weighted by Gasteiger charge is 2.25. The van der Waals surface area contributed by atoms with E-state index in [1.165, 1.54) is 0 Å². The van der Waals surface area contributed by atoms with Crippen LogP contribution in [0.5, 0.6) is 0 Å². The number of aryl methyl sites for hydroxylation is 1. The molecule has 130 valence electrons. The third kappa shape index (κ3) is 3.17. The summed E-state index contributed by atoms with van der Waals surface area (Å²) in [6, 6.07) is 4.13. The van der Waals surface area contributed by atoms with Crippen molar-refractivity contribution in [3.63, 3.8) is 0 Å². The van der Waals surface area contributed by atoms with Crippen molar-refractivity contribution in [2.45, 2.75) is 26.1 Å². The number of anilines is 1. The topological polar surface area (TPSA) is 56.1 Å². The van der Waals surface area contributed by atoms with Crippen LogP contribution in [0.3, 0.4) is 0 Å². The van der Waals surface area contributed by atoms with E-state index in [2.05, 4.69) is 40.2 Å². The van der Waals surface area contributed by atoms with E-state index in [9.17, 15) is 0 Å². The Kier molecular flexibility index (Phi) is 4.27. The Bertz CT molecular complexity index is 850. The standard InChI is InChI=1S/C18H21N5OS/c1-12-10-23(11-13(2)24-12)18-20-9-14(15-5-4-8-25-15)16(21-18)17-19-6-7-22(17)3/h4-9,12-13H,10-11H2,1-3H3/t12-,13+. The number of rotatable bonds is 3. The first-order chi connectivity index (χ1) is 12.1. The third-order valence-electron chi connectivity index (χ3n) is 4.30. The van der Waals surface area contributed by atoms with Crippen molar-refractivity contribution in [1.29, 1.82) is 0 Å². The van der Waals surface area contributed by atoms with Crippen LogP contribution in [-0.4, -0.2) is 44.8 Å². The summed E-state index contributed by atoms with van der Waals surface area (Å²) in [5.41, 5.74) is 1.88. The summed E-state index contributed by atoms with van der Waals surface area (Å²) in [6.07, 6.45) is 5.99. The molecular formula is C18H21N5OS. The van der Waals surface area contributed by atoms with Gasteiger partial charge in [0.2, 0.25) is 5.95 Å². The van der Waals surface area contributed by atoms with Crippen molar-refractivity contribution >= 4 is 17.3 Å². The molecule has 0 radical (unpaired) electrons. The molecule has 7 heteroatoms. The summed E-state index contributed by atoms with van der Waals surface area (Å²) < 4.78 is 7.82. The Balaban J connectivity index is 1.80. The minimum atomic E-state index is 0.168. The van der Waals surface area contributed by atoms with Crippen molar-refractivity contribution in [2.75, 3.05) is 18.0 Å². The molecule has 1 aliphatic rings. The lowest BCUT2D eigenvalue weighted by atomic mass is 10.2. The number of ether oxygens (including phenoxy) is 1. The average Bonchev–Trinajstić information content (AvgIpc) is 3.25. The second-order valence-corrected chi connectivity index (χ2v) is 7.38. The van der Waals surface area contributed by atoms with Gasteiger partial charge in [-0.15, -0.1) is 11.3 Å². The van der Waals surface area contributed by atoms with Gasteiger partial charge >= 0.3 is 0 Å². The van der Waals surface area contributed by atoms with Crippen LogP contribution >= 0.6 is 11.3 Å². The number of nitrogens with zero attached hydrogens (tertiary/aromatic N) is 5. The summed E-state index contributed by atoms with van der Waals surface area (Å²) >= 11 is 1.68. The molecule has 0 amide bonds. The SMILES string of the molecule is C[C@@H]1CN(c2ncc(-c3cccs3)c(-c3nccn3C)n2)C[C@H](C)O1. The van der Waals surface area contributed by atoms with Gasteiger partial charge in [-0.25, -0.2) is 15.0 Å². The molecule has 3 aromatic heterocycles. The van der Waals surface area contributed by atoms with Gasteiger partial charge in [-0.2, -0.15) is 0 Å². The second-order valence-electron chi connectivity index (χ2n) is 6.43. The number of morpholine rings is 1. The van der Waals surface area contributed by atoms with E-state index >= 15 is 0 Å². The van der Waals surface area contributed by atoms with Gasteiger partial charge in [-0.1, -0.05) is 6.07 Å². The molecule has 0 spiro atoms. The highest BCUT2D eigenvalue weighted by molar-refractivity contribution is 7.13. The number of imidazole rings is 1. The zero-order valence-electron chi connectivity index (χ0n) is 14.6. The second kappa shape index (κ2) is 6.57. The van der Waals surface area contributed by atoms with Crippen LogP contribution in [0.15, 0.2) is 36.1 Å².